The van der Waals surface area contributed by atoms with Gasteiger partial charge in [0.2, 0.25) is 0 Å². The summed E-state index contributed by atoms with van der Waals surface area (Å²) < 4.78 is 108. The molecule has 122 valence electrons. The Morgan fingerprint density at radius 3 is 1.60 bits per heavy atom. The molecule has 0 saturated heterocycles. The van der Waals surface area contributed by atoms with Gasteiger partial charge in [-0.1, -0.05) is 0 Å². The summed E-state index contributed by atoms with van der Waals surface area (Å²) in [6.07, 6.45) is -6.57. The third kappa shape index (κ3) is 3.44. The first-order valence-corrected chi connectivity index (χ1v) is 6.85. The number of hydrogen-bond acceptors (Lipinski definition) is 4. The van der Waals surface area contributed by atoms with E-state index in [1.807, 2.05) is 0 Å². The smallest absolute Gasteiger partial charge is 0.312 e. The highest BCUT2D eigenvalue weighted by molar-refractivity contribution is 7.54. The SMILES string of the molecule is CCOP(=O)(OCC)[C@H](N)C(F)(F)C(F)(F)C(F)(F)F. The quantitative estimate of drug-likeness (QED) is 0.572. The number of halogens is 7. The molecule has 4 nitrogen and oxygen atoms in total. The molecule has 0 rings (SSSR count). The topological polar surface area (TPSA) is 61.5 Å². The van der Waals surface area contributed by atoms with Crippen LogP contribution in [-0.2, 0) is 13.6 Å². The molecule has 2 N–H and O–H groups in total. The highest BCUT2D eigenvalue weighted by atomic mass is 31.2. The van der Waals surface area contributed by atoms with Gasteiger partial charge < -0.3 is 14.8 Å². The van der Waals surface area contributed by atoms with Crippen LogP contribution in [0.3, 0.4) is 0 Å². The van der Waals surface area contributed by atoms with Crippen LogP contribution in [0.1, 0.15) is 13.8 Å². The average molecular weight is 335 g/mol. The van der Waals surface area contributed by atoms with Crippen molar-refractivity contribution in [1.82, 2.24) is 0 Å². The molecule has 12 heteroatoms. The summed E-state index contributed by atoms with van der Waals surface area (Å²) in [5.41, 5.74) is 4.64. The van der Waals surface area contributed by atoms with E-state index in [4.69, 9.17) is 0 Å². The lowest BCUT2D eigenvalue weighted by atomic mass is 10.1. The van der Waals surface area contributed by atoms with Crippen LogP contribution in [0.2, 0.25) is 0 Å². The molecule has 0 aliphatic carbocycles. The minimum absolute atomic E-state index is 0.529. The lowest BCUT2D eigenvalue weighted by molar-refractivity contribution is -0.354. The highest BCUT2D eigenvalue weighted by Gasteiger charge is 2.77. The predicted octanol–water partition coefficient (Wildman–Crippen LogP) is 3.37. The van der Waals surface area contributed by atoms with Gasteiger partial charge in [-0.15, -0.1) is 0 Å². The van der Waals surface area contributed by atoms with Crippen LogP contribution in [0, 0.1) is 0 Å². The maximum absolute atomic E-state index is 13.3. The molecule has 0 radical (unpaired) electrons. The van der Waals surface area contributed by atoms with E-state index in [0.717, 1.165) is 13.8 Å². The van der Waals surface area contributed by atoms with Crippen molar-refractivity contribution < 1.29 is 44.3 Å². The van der Waals surface area contributed by atoms with E-state index in [1.54, 1.807) is 0 Å². The van der Waals surface area contributed by atoms with Gasteiger partial charge in [0.1, 0.15) is 0 Å². The van der Waals surface area contributed by atoms with Crippen LogP contribution >= 0.6 is 7.60 Å². The minimum Gasteiger partial charge on any atom is -0.312 e. The third-order valence-corrected chi connectivity index (χ3v) is 4.35. The largest absolute Gasteiger partial charge is 0.459 e. The Morgan fingerprint density at radius 1 is 1.00 bits per heavy atom. The van der Waals surface area contributed by atoms with Crippen molar-refractivity contribution in [3.8, 4) is 0 Å². The van der Waals surface area contributed by atoms with Crippen molar-refractivity contribution in [3.63, 3.8) is 0 Å². The molecule has 0 saturated carbocycles. The second-order valence-electron chi connectivity index (χ2n) is 3.52. The third-order valence-electron chi connectivity index (χ3n) is 2.10. The zero-order chi connectivity index (χ0) is 16.4. The summed E-state index contributed by atoms with van der Waals surface area (Å²) in [7, 11) is -5.05. The molecule has 0 unspecified atom stereocenters. The van der Waals surface area contributed by atoms with Gasteiger partial charge in [-0.3, -0.25) is 4.57 Å². The van der Waals surface area contributed by atoms with Gasteiger partial charge in [0, 0.05) is 0 Å². The molecule has 0 aliphatic rings. The Bertz CT molecular complexity index is 364. The molecule has 0 heterocycles. The standard InChI is InChI=1S/C8H13F7NO3P/c1-3-18-20(17,19-4-2)5(16)6(9,10)7(11,12)8(13,14)15/h5H,3-4,16H2,1-2H3/t5-/m0/s1. The lowest BCUT2D eigenvalue weighted by Gasteiger charge is -2.34. The molecule has 0 fully saturated rings. The zero-order valence-corrected chi connectivity index (χ0v) is 11.3. The first kappa shape index (κ1) is 19.6. The average Bonchev–Trinajstić information content (AvgIpc) is 2.26. The summed E-state index contributed by atoms with van der Waals surface area (Å²) in [6.45, 7) is 1.24. The number of nitrogens with two attached hydrogens (primary N) is 1. The van der Waals surface area contributed by atoms with Gasteiger partial charge in [0.15, 0.2) is 5.78 Å². The number of hydrogen-bond donors (Lipinski definition) is 1. The van der Waals surface area contributed by atoms with Crippen LogP contribution in [0.5, 0.6) is 0 Å². The summed E-state index contributed by atoms with van der Waals surface area (Å²) in [6, 6.07) is 0. The van der Waals surface area contributed by atoms with Crippen molar-refractivity contribution in [2.75, 3.05) is 13.2 Å². The van der Waals surface area contributed by atoms with E-state index in [2.05, 4.69) is 14.8 Å². The summed E-state index contributed by atoms with van der Waals surface area (Å²) in [4.78, 5) is 0. The Balaban J connectivity index is 5.64. The number of alkyl halides is 7. The molecular formula is C8H13F7NO3P. The van der Waals surface area contributed by atoms with Gasteiger partial charge in [-0.05, 0) is 13.8 Å². The van der Waals surface area contributed by atoms with E-state index >= 15 is 0 Å². The Morgan fingerprint density at radius 2 is 1.35 bits per heavy atom. The van der Waals surface area contributed by atoms with E-state index in [9.17, 15) is 35.3 Å². The van der Waals surface area contributed by atoms with E-state index in [0.29, 0.717) is 0 Å². The fraction of sp³-hybridized carbons (Fsp3) is 1.00. The first-order chi connectivity index (χ1) is 8.78. The lowest BCUT2D eigenvalue weighted by Crippen LogP contribution is -2.60. The highest BCUT2D eigenvalue weighted by Crippen LogP contribution is 2.60. The fourth-order valence-corrected chi connectivity index (χ4v) is 2.81. The van der Waals surface area contributed by atoms with Crippen molar-refractivity contribution in [2.24, 2.45) is 5.73 Å². The van der Waals surface area contributed by atoms with Crippen LogP contribution in [-0.4, -0.2) is 37.0 Å². The summed E-state index contributed by atoms with van der Waals surface area (Å²) in [5.74, 6) is -15.8. The van der Waals surface area contributed by atoms with E-state index in [-0.39, 0.29) is 0 Å². The van der Waals surface area contributed by atoms with Gasteiger partial charge in [-0.2, -0.15) is 30.7 Å². The molecule has 0 spiro atoms. The van der Waals surface area contributed by atoms with Gasteiger partial charge >= 0.3 is 25.6 Å². The van der Waals surface area contributed by atoms with Crippen molar-refractivity contribution >= 4 is 7.60 Å². The maximum atomic E-state index is 13.3. The second kappa shape index (κ2) is 6.17. The molecule has 0 aromatic heterocycles. The van der Waals surface area contributed by atoms with E-state index in [1.165, 1.54) is 0 Å². The van der Waals surface area contributed by atoms with Crippen LogP contribution in [0.15, 0.2) is 0 Å². The molecule has 20 heavy (non-hydrogen) atoms. The van der Waals surface area contributed by atoms with Gasteiger partial charge in [0.25, 0.3) is 0 Å². The molecular weight excluding hydrogens is 322 g/mol. The van der Waals surface area contributed by atoms with Gasteiger partial charge in [-0.25, -0.2) is 0 Å². The first-order valence-electron chi connectivity index (χ1n) is 5.24. The van der Waals surface area contributed by atoms with Crippen molar-refractivity contribution in [2.45, 2.75) is 37.7 Å². The molecule has 1 atom stereocenters. The molecule has 0 aromatic carbocycles. The normalized spacial score (nSPS) is 16.3. The monoisotopic (exact) mass is 335 g/mol. The van der Waals surface area contributed by atoms with Crippen LogP contribution in [0.4, 0.5) is 30.7 Å². The second-order valence-corrected chi connectivity index (χ2v) is 5.67. The fourth-order valence-electron chi connectivity index (χ4n) is 1.13. The van der Waals surface area contributed by atoms with Crippen molar-refractivity contribution in [1.29, 1.82) is 0 Å². The Hall–Kier alpha value is -0.380. The van der Waals surface area contributed by atoms with E-state index < -0.39 is 44.6 Å². The van der Waals surface area contributed by atoms with Crippen LogP contribution in [0.25, 0.3) is 0 Å². The number of rotatable bonds is 7. The van der Waals surface area contributed by atoms with Gasteiger partial charge in [0.05, 0.1) is 13.2 Å². The molecule has 0 amide bonds. The Kier molecular flexibility index (Phi) is 6.05. The molecule has 0 aromatic rings. The Labute approximate surface area is 109 Å². The summed E-state index contributed by atoms with van der Waals surface area (Å²) >= 11 is 0. The minimum atomic E-state index is -6.57. The zero-order valence-electron chi connectivity index (χ0n) is 10.4. The molecule has 0 aliphatic heterocycles. The summed E-state index contributed by atoms with van der Waals surface area (Å²) in [5, 5.41) is 0. The van der Waals surface area contributed by atoms with Crippen molar-refractivity contribution in [3.05, 3.63) is 0 Å². The molecule has 0 bridgehead atoms. The van der Waals surface area contributed by atoms with Crippen LogP contribution < -0.4 is 5.73 Å². The maximum Gasteiger partial charge on any atom is 0.459 e. The predicted molar refractivity (Wildman–Crippen MR) is 54.8 cm³/mol.